The van der Waals surface area contributed by atoms with Crippen LogP contribution in [0.25, 0.3) is 0 Å². The lowest BCUT2D eigenvalue weighted by Crippen LogP contribution is -2.11. The van der Waals surface area contributed by atoms with E-state index in [1.165, 1.54) is 18.2 Å². The van der Waals surface area contributed by atoms with Crippen LogP contribution in [0.1, 0.15) is 28.7 Å². The number of halogens is 3. The van der Waals surface area contributed by atoms with E-state index in [9.17, 15) is 9.18 Å². The van der Waals surface area contributed by atoms with E-state index in [0.29, 0.717) is 11.6 Å². The van der Waals surface area contributed by atoms with Crippen LogP contribution in [0.2, 0.25) is 5.02 Å². The van der Waals surface area contributed by atoms with Crippen LogP contribution in [0.15, 0.2) is 22.7 Å². The molecule has 0 fully saturated rings. The third kappa shape index (κ3) is 2.94. The second kappa shape index (κ2) is 6.06. The highest BCUT2D eigenvalue weighted by molar-refractivity contribution is 9.10. The van der Waals surface area contributed by atoms with E-state index in [1.807, 2.05) is 13.8 Å². The largest absolute Gasteiger partial charge is 0.294 e. The highest BCUT2D eigenvalue weighted by Gasteiger charge is 2.19. The van der Waals surface area contributed by atoms with Crippen LogP contribution in [0.3, 0.4) is 0 Å². The Balaban J connectivity index is 2.35. The molecule has 3 nitrogen and oxygen atoms in total. The van der Waals surface area contributed by atoms with Crippen molar-refractivity contribution < 1.29 is 9.18 Å². The maximum absolute atomic E-state index is 13.7. The quantitative estimate of drug-likeness (QED) is 0.767. The number of rotatable bonds is 4. The Morgan fingerprint density at radius 2 is 2.20 bits per heavy atom. The third-order valence-electron chi connectivity index (χ3n) is 3.01. The van der Waals surface area contributed by atoms with E-state index < -0.39 is 5.82 Å². The first-order chi connectivity index (χ1) is 9.43. The van der Waals surface area contributed by atoms with Crippen molar-refractivity contribution in [2.45, 2.75) is 26.8 Å². The molecule has 20 heavy (non-hydrogen) atoms. The van der Waals surface area contributed by atoms with Crippen LogP contribution >= 0.6 is 27.5 Å². The van der Waals surface area contributed by atoms with Gasteiger partial charge in [0.1, 0.15) is 5.82 Å². The summed E-state index contributed by atoms with van der Waals surface area (Å²) in [7, 11) is 0. The first-order valence-corrected chi connectivity index (χ1v) is 7.31. The fourth-order valence-electron chi connectivity index (χ4n) is 2.00. The van der Waals surface area contributed by atoms with Gasteiger partial charge in [0.2, 0.25) is 0 Å². The Morgan fingerprint density at radius 1 is 1.50 bits per heavy atom. The molecule has 0 amide bonds. The lowest BCUT2D eigenvalue weighted by Gasteiger charge is -2.06. The van der Waals surface area contributed by atoms with Crippen molar-refractivity contribution in [3.8, 4) is 0 Å². The highest BCUT2D eigenvalue weighted by atomic mass is 79.9. The molecule has 106 valence electrons. The van der Waals surface area contributed by atoms with Crippen LogP contribution in [-0.2, 0) is 13.0 Å². The zero-order chi connectivity index (χ0) is 14.9. The monoisotopic (exact) mass is 358 g/mol. The summed E-state index contributed by atoms with van der Waals surface area (Å²) in [6.45, 7) is 4.43. The molecule has 1 aromatic heterocycles. The minimum Gasteiger partial charge on any atom is -0.294 e. The molecule has 0 N–H and O–H groups in total. The van der Waals surface area contributed by atoms with Crippen molar-refractivity contribution in [3.05, 3.63) is 50.5 Å². The number of carbonyl (C=O) groups is 1. The summed E-state index contributed by atoms with van der Waals surface area (Å²) in [5.41, 5.74) is 1.56. The molecule has 0 atom stereocenters. The van der Waals surface area contributed by atoms with Gasteiger partial charge in [-0.2, -0.15) is 5.10 Å². The van der Waals surface area contributed by atoms with Gasteiger partial charge in [-0.15, -0.1) is 0 Å². The maximum Gasteiger partial charge on any atom is 0.171 e. The summed E-state index contributed by atoms with van der Waals surface area (Å²) in [5, 5.41) is 4.65. The third-order valence-corrected chi connectivity index (χ3v) is 4.28. The molecule has 2 aromatic rings. The zero-order valence-corrected chi connectivity index (χ0v) is 13.4. The second-order valence-electron chi connectivity index (χ2n) is 4.39. The number of ketones is 1. The van der Waals surface area contributed by atoms with Gasteiger partial charge >= 0.3 is 0 Å². The van der Waals surface area contributed by atoms with Gasteiger partial charge in [0.05, 0.1) is 27.8 Å². The Bertz CT molecular complexity index is 669. The van der Waals surface area contributed by atoms with Crippen molar-refractivity contribution >= 4 is 33.3 Å². The number of carbonyl (C=O) groups excluding carboxylic acids is 1. The molecule has 0 aliphatic rings. The number of nitrogens with zero attached hydrogens (tertiary/aromatic N) is 2. The standard InChI is InChI=1S/C14H13BrClFN2O/c1-3-19-12(14(15)8(2)18-19)7-13(20)10-6-9(16)4-5-11(10)17/h4-6H,3,7H2,1-2H3. The topological polar surface area (TPSA) is 34.9 Å². The van der Waals surface area contributed by atoms with E-state index in [1.54, 1.807) is 4.68 Å². The highest BCUT2D eigenvalue weighted by Crippen LogP contribution is 2.24. The summed E-state index contributed by atoms with van der Waals surface area (Å²) >= 11 is 9.23. The van der Waals surface area contributed by atoms with Gasteiger partial charge in [-0.3, -0.25) is 9.48 Å². The first kappa shape index (κ1) is 15.2. The van der Waals surface area contributed by atoms with Gasteiger partial charge in [0.15, 0.2) is 5.78 Å². The number of aryl methyl sites for hydroxylation is 2. The lowest BCUT2D eigenvalue weighted by atomic mass is 10.1. The zero-order valence-electron chi connectivity index (χ0n) is 11.1. The molecule has 0 radical (unpaired) electrons. The van der Waals surface area contributed by atoms with Crippen LogP contribution in [0.4, 0.5) is 4.39 Å². The Morgan fingerprint density at radius 3 is 2.85 bits per heavy atom. The molecule has 0 aliphatic heterocycles. The molecule has 0 saturated carbocycles. The fraction of sp³-hybridized carbons (Fsp3) is 0.286. The van der Waals surface area contributed by atoms with E-state index in [-0.39, 0.29) is 17.8 Å². The predicted octanol–water partition coefficient (Wildman–Crippen LogP) is 4.19. The van der Waals surface area contributed by atoms with Crippen LogP contribution in [-0.4, -0.2) is 15.6 Å². The van der Waals surface area contributed by atoms with Crippen LogP contribution in [0, 0.1) is 12.7 Å². The molecular weight excluding hydrogens is 347 g/mol. The molecule has 0 unspecified atom stereocenters. The fourth-order valence-corrected chi connectivity index (χ4v) is 2.59. The van der Waals surface area contributed by atoms with Crippen LogP contribution in [0.5, 0.6) is 0 Å². The second-order valence-corrected chi connectivity index (χ2v) is 5.62. The Kier molecular flexibility index (Phi) is 4.60. The lowest BCUT2D eigenvalue weighted by molar-refractivity contribution is 0.0986. The molecule has 1 heterocycles. The van der Waals surface area contributed by atoms with Gasteiger partial charge in [0, 0.05) is 11.6 Å². The van der Waals surface area contributed by atoms with E-state index >= 15 is 0 Å². The normalized spacial score (nSPS) is 10.8. The average molecular weight is 360 g/mol. The number of hydrogen-bond donors (Lipinski definition) is 0. The van der Waals surface area contributed by atoms with Gasteiger partial charge < -0.3 is 0 Å². The van der Waals surface area contributed by atoms with E-state index in [2.05, 4.69) is 21.0 Å². The van der Waals surface area contributed by atoms with Crippen molar-refractivity contribution in [1.82, 2.24) is 9.78 Å². The van der Waals surface area contributed by atoms with Crippen molar-refractivity contribution in [3.63, 3.8) is 0 Å². The molecule has 0 bridgehead atoms. The van der Waals surface area contributed by atoms with Crippen molar-refractivity contribution in [2.75, 3.05) is 0 Å². The Hall–Kier alpha value is -1.20. The first-order valence-electron chi connectivity index (χ1n) is 6.14. The SMILES string of the molecule is CCn1nc(C)c(Br)c1CC(=O)c1cc(Cl)ccc1F. The summed E-state index contributed by atoms with van der Waals surface area (Å²) < 4.78 is 16.2. The average Bonchev–Trinajstić information content (AvgIpc) is 2.69. The van der Waals surface area contributed by atoms with Crippen molar-refractivity contribution in [1.29, 1.82) is 0 Å². The van der Waals surface area contributed by atoms with E-state index in [4.69, 9.17) is 11.6 Å². The number of benzene rings is 1. The summed E-state index contributed by atoms with van der Waals surface area (Å²) in [5.74, 6) is -0.880. The van der Waals surface area contributed by atoms with Gasteiger partial charge in [0.25, 0.3) is 0 Å². The molecular formula is C14H13BrClFN2O. The molecule has 6 heteroatoms. The van der Waals surface area contributed by atoms with Gasteiger partial charge in [-0.1, -0.05) is 11.6 Å². The predicted molar refractivity (Wildman–Crippen MR) is 79.8 cm³/mol. The number of aromatic nitrogens is 2. The Labute approximate surface area is 129 Å². The summed E-state index contributed by atoms with van der Waals surface area (Å²) in [6.07, 6.45) is 0.0759. The van der Waals surface area contributed by atoms with Gasteiger partial charge in [-0.05, 0) is 48.0 Å². The smallest absolute Gasteiger partial charge is 0.171 e. The van der Waals surface area contributed by atoms with Crippen LogP contribution < -0.4 is 0 Å². The minimum absolute atomic E-state index is 0.00547. The van der Waals surface area contributed by atoms with Crippen molar-refractivity contribution in [2.24, 2.45) is 0 Å². The summed E-state index contributed by atoms with van der Waals surface area (Å²) in [6, 6.07) is 3.98. The number of Topliss-reactive ketones (excluding diaryl/α,β-unsaturated/α-hetero) is 1. The number of hydrogen-bond acceptors (Lipinski definition) is 2. The maximum atomic E-state index is 13.7. The summed E-state index contributed by atoms with van der Waals surface area (Å²) in [4.78, 5) is 12.3. The molecule has 0 spiro atoms. The molecule has 0 saturated heterocycles. The minimum atomic E-state index is -0.560. The van der Waals surface area contributed by atoms with Gasteiger partial charge in [-0.25, -0.2) is 4.39 Å². The molecule has 1 aromatic carbocycles. The molecule has 2 rings (SSSR count). The van der Waals surface area contributed by atoms with E-state index in [0.717, 1.165) is 15.9 Å². The molecule has 0 aliphatic carbocycles.